The van der Waals surface area contributed by atoms with E-state index >= 15 is 4.39 Å². The van der Waals surface area contributed by atoms with Crippen LogP contribution in [0.15, 0.2) is 0 Å². The SMILES string of the molecule is COC1CCC2C3CCC(C4CCC(C)CC4)C(F)C3OC2C1F.O.O.[HH]. The van der Waals surface area contributed by atoms with Crippen molar-refractivity contribution in [1.29, 1.82) is 0 Å². The summed E-state index contributed by atoms with van der Waals surface area (Å²) < 4.78 is 41.4. The van der Waals surface area contributed by atoms with Crippen molar-refractivity contribution in [2.24, 2.45) is 29.6 Å². The minimum Gasteiger partial charge on any atom is -0.412 e. The maximum absolute atomic E-state index is 15.4. The van der Waals surface area contributed by atoms with Gasteiger partial charge in [-0.05, 0) is 68.1 Å². The Kier molecular flexibility index (Phi) is 7.45. The van der Waals surface area contributed by atoms with Gasteiger partial charge >= 0.3 is 0 Å². The monoisotopic (exact) mass is 380 g/mol. The number of ether oxygens (including phenoxy) is 2. The third kappa shape index (κ3) is 3.67. The van der Waals surface area contributed by atoms with Gasteiger partial charge in [-0.2, -0.15) is 0 Å². The third-order valence-electron chi connectivity index (χ3n) is 7.69. The lowest BCUT2D eigenvalue weighted by atomic mass is 9.64. The summed E-state index contributed by atoms with van der Waals surface area (Å²) >= 11 is 0. The summed E-state index contributed by atoms with van der Waals surface area (Å²) in [5.41, 5.74) is 0. The van der Waals surface area contributed by atoms with Gasteiger partial charge in [0.15, 0.2) is 6.17 Å². The molecule has 0 radical (unpaired) electrons. The molecule has 8 atom stereocenters. The van der Waals surface area contributed by atoms with E-state index in [9.17, 15) is 4.39 Å². The Labute approximate surface area is 157 Å². The molecule has 1 aliphatic heterocycles. The minimum absolute atomic E-state index is 0. The van der Waals surface area contributed by atoms with Crippen LogP contribution in [0.5, 0.6) is 0 Å². The first kappa shape index (κ1) is 22.0. The smallest absolute Gasteiger partial charge is 0.152 e. The summed E-state index contributed by atoms with van der Waals surface area (Å²) in [5.74, 6) is 1.85. The number of rotatable bonds is 2. The van der Waals surface area contributed by atoms with Crippen LogP contribution in [0.1, 0.15) is 59.7 Å². The van der Waals surface area contributed by atoms with Gasteiger partial charge in [0.2, 0.25) is 0 Å². The van der Waals surface area contributed by atoms with E-state index in [1.807, 2.05) is 0 Å². The van der Waals surface area contributed by atoms with Gasteiger partial charge in [0, 0.05) is 8.54 Å². The molecule has 6 heteroatoms. The van der Waals surface area contributed by atoms with Crippen molar-refractivity contribution in [2.75, 3.05) is 7.11 Å². The van der Waals surface area contributed by atoms with Gasteiger partial charge in [-0.1, -0.05) is 19.8 Å². The highest BCUT2D eigenvalue weighted by Gasteiger charge is 2.57. The second kappa shape index (κ2) is 8.80. The molecule has 3 aliphatic carbocycles. The summed E-state index contributed by atoms with van der Waals surface area (Å²) in [6, 6.07) is 0. The number of fused-ring (bicyclic) bond motifs is 3. The Hall–Kier alpha value is -0.300. The second-order valence-corrected chi connectivity index (χ2v) is 8.89. The van der Waals surface area contributed by atoms with Crippen LogP contribution in [0.25, 0.3) is 0 Å². The molecule has 4 fully saturated rings. The van der Waals surface area contributed by atoms with Gasteiger partial charge in [0.1, 0.15) is 6.17 Å². The predicted octanol–water partition coefficient (Wildman–Crippen LogP) is 3.30. The zero-order chi connectivity index (χ0) is 16.8. The average molecular weight is 381 g/mol. The predicted molar refractivity (Wildman–Crippen MR) is 98.7 cm³/mol. The van der Waals surface area contributed by atoms with Gasteiger partial charge in [0.05, 0.1) is 18.3 Å². The lowest BCUT2D eigenvalue weighted by Gasteiger charge is -2.42. The van der Waals surface area contributed by atoms with Crippen LogP contribution < -0.4 is 0 Å². The van der Waals surface area contributed by atoms with Crippen LogP contribution in [0.3, 0.4) is 0 Å². The van der Waals surface area contributed by atoms with E-state index in [1.165, 1.54) is 12.8 Å². The summed E-state index contributed by atoms with van der Waals surface area (Å²) in [4.78, 5) is 0. The van der Waals surface area contributed by atoms with Gasteiger partial charge in [-0.25, -0.2) is 8.78 Å². The van der Waals surface area contributed by atoms with Crippen molar-refractivity contribution >= 4 is 0 Å². The zero-order valence-corrected chi connectivity index (χ0v) is 16.0. The van der Waals surface area contributed by atoms with E-state index in [0.717, 1.165) is 44.4 Å². The largest absolute Gasteiger partial charge is 0.412 e. The highest BCUT2D eigenvalue weighted by molar-refractivity contribution is 5.05. The zero-order valence-electron chi connectivity index (χ0n) is 16.0. The molecule has 0 aromatic carbocycles. The molecule has 0 aromatic heterocycles. The van der Waals surface area contributed by atoms with E-state index < -0.39 is 18.4 Å². The van der Waals surface area contributed by atoms with Gasteiger partial charge in [-0.3, -0.25) is 0 Å². The number of methoxy groups -OCH3 is 1. The summed E-state index contributed by atoms with van der Waals surface area (Å²) in [6.45, 7) is 2.30. The quantitative estimate of drug-likeness (QED) is 0.736. The summed E-state index contributed by atoms with van der Waals surface area (Å²) in [6.07, 6.45) is 5.26. The molecule has 3 saturated carbocycles. The molecular weight excluding hydrogens is 342 g/mol. The number of hydrogen-bond donors (Lipinski definition) is 0. The van der Waals surface area contributed by atoms with Crippen molar-refractivity contribution < 1.29 is 30.6 Å². The molecule has 1 heterocycles. The van der Waals surface area contributed by atoms with Crippen molar-refractivity contribution in [3.8, 4) is 0 Å². The van der Waals surface area contributed by atoms with E-state index in [1.54, 1.807) is 7.11 Å². The first-order valence-corrected chi connectivity index (χ1v) is 10.1. The molecule has 156 valence electrons. The minimum atomic E-state index is -1.10. The van der Waals surface area contributed by atoms with Crippen LogP contribution in [0.2, 0.25) is 0 Å². The lowest BCUT2D eigenvalue weighted by molar-refractivity contribution is -0.115. The van der Waals surface area contributed by atoms with Crippen LogP contribution in [-0.4, -0.2) is 48.7 Å². The van der Waals surface area contributed by atoms with Gasteiger partial charge < -0.3 is 20.4 Å². The number of alkyl halides is 2. The van der Waals surface area contributed by atoms with E-state index in [-0.39, 0.29) is 42.3 Å². The number of halogens is 2. The Morgan fingerprint density at radius 3 is 1.92 bits per heavy atom. The molecule has 0 spiro atoms. The topological polar surface area (TPSA) is 81.5 Å². The Morgan fingerprint density at radius 1 is 0.769 bits per heavy atom. The normalized spacial score (nSPS) is 50.8. The van der Waals surface area contributed by atoms with E-state index in [2.05, 4.69) is 6.92 Å². The van der Waals surface area contributed by atoms with Crippen molar-refractivity contribution in [3.05, 3.63) is 0 Å². The first-order valence-electron chi connectivity index (χ1n) is 10.1. The van der Waals surface area contributed by atoms with Gasteiger partial charge in [0.25, 0.3) is 0 Å². The maximum Gasteiger partial charge on any atom is 0.152 e. The van der Waals surface area contributed by atoms with Crippen molar-refractivity contribution in [2.45, 2.75) is 88.9 Å². The van der Waals surface area contributed by atoms with E-state index in [0.29, 0.717) is 5.92 Å². The average Bonchev–Trinajstić information content (AvgIpc) is 2.97. The molecule has 1 saturated heterocycles. The molecule has 0 amide bonds. The molecule has 4 N–H and O–H groups in total. The molecular formula is C20H38F2O4. The molecule has 26 heavy (non-hydrogen) atoms. The molecule has 4 aliphatic rings. The van der Waals surface area contributed by atoms with Crippen molar-refractivity contribution in [3.63, 3.8) is 0 Å². The fourth-order valence-electron chi connectivity index (χ4n) is 6.22. The number of hydrogen-bond acceptors (Lipinski definition) is 2. The highest BCUT2D eigenvalue weighted by Crippen LogP contribution is 2.52. The van der Waals surface area contributed by atoms with Crippen LogP contribution in [0, 0.1) is 29.6 Å². The summed E-state index contributed by atoms with van der Waals surface area (Å²) in [7, 11) is 1.57. The Morgan fingerprint density at radius 2 is 1.31 bits per heavy atom. The van der Waals surface area contributed by atoms with Crippen LogP contribution in [-0.2, 0) is 9.47 Å². The maximum atomic E-state index is 15.4. The first-order chi connectivity index (χ1) is 11.6. The van der Waals surface area contributed by atoms with Gasteiger partial charge in [-0.15, -0.1) is 0 Å². The second-order valence-electron chi connectivity index (χ2n) is 8.89. The molecule has 0 bridgehead atoms. The molecule has 4 rings (SSSR count). The Bertz CT molecular complexity index is 450. The Balaban J connectivity index is 0.00000121. The van der Waals surface area contributed by atoms with Crippen molar-refractivity contribution in [1.82, 2.24) is 0 Å². The summed E-state index contributed by atoms with van der Waals surface area (Å²) in [5, 5.41) is 0. The van der Waals surface area contributed by atoms with Crippen LogP contribution in [0.4, 0.5) is 8.78 Å². The fraction of sp³-hybridized carbons (Fsp3) is 1.00. The lowest BCUT2D eigenvalue weighted by Crippen LogP contribution is -2.44. The molecule has 4 nitrogen and oxygen atoms in total. The fourth-order valence-corrected chi connectivity index (χ4v) is 6.22. The van der Waals surface area contributed by atoms with Crippen LogP contribution >= 0.6 is 0 Å². The molecule has 8 unspecified atom stereocenters. The third-order valence-corrected chi connectivity index (χ3v) is 7.69. The van der Waals surface area contributed by atoms with E-state index in [4.69, 9.17) is 9.47 Å². The standard InChI is InChI=1S/C20H32F2O2.2H2O.H2/c1-11-3-5-12(6-4-11)13-7-8-14-15-9-10-16(23-2)18(22)20(15)24-19(14)17(13)21;;;/h11-20H,3-10H2,1-2H3;2*1H2;1H. The molecule has 0 aromatic rings. The highest BCUT2D eigenvalue weighted by atomic mass is 19.1.